The van der Waals surface area contributed by atoms with E-state index in [-0.39, 0.29) is 0 Å². The summed E-state index contributed by atoms with van der Waals surface area (Å²) in [6, 6.07) is 5.29. The number of halogens is 1. The van der Waals surface area contributed by atoms with Gasteiger partial charge in [-0.2, -0.15) is 0 Å². The molecule has 0 aliphatic heterocycles. The Morgan fingerprint density at radius 2 is 1.48 bits per heavy atom. The van der Waals surface area contributed by atoms with Gasteiger partial charge in [-0.3, -0.25) is 0 Å². The summed E-state index contributed by atoms with van der Waals surface area (Å²) >= 11 is 7.77. The second kappa shape index (κ2) is 9.86. The van der Waals surface area contributed by atoms with Crippen molar-refractivity contribution in [3.8, 4) is 0 Å². The molecule has 2 rings (SSSR count). The van der Waals surface area contributed by atoms with Crippen molar-refractivity contribution in [2.24, 2.45) is 0 Å². The number of thiophene rings is 1. The van der Waals surface area contributed by atoms with Gasteiger partial charge in [-0.15, -0.1) is 11.3 Å². The molecule has 0 amide bonds. The monoisotopic (exact) mass is 327 g/mol. The molecule has 3 heteroatoms. The minimum atomic E-state index is 0.431. The fourth-order valence-electron chi connectivity index (χ4n) is 3.33. The van der Waals surface area contributed by atoms with Crippen LogP contribution >= 0.6 is 22.9 Å². The summed E-state index contributed by atoms with van der Waals surface area (Å²) in [4.78, 5) is 1.37. The normalized spacial score (nSPS) is 21.4. The average Bonchev–Trinajstić information content (AvgIpc) is 2.88. The van der Waals surface area contributed by atoms with Crippen LogP contribution in [0.15, 0.2) is 12.1 Å². The quantitative estimate of drug-likeness (QED) is 0.649. The minimum Gasteiger partial charge on any atom is -0.307 e. The van der Waals surface area contributed by atoms with Crippen molar-refractivity contribution in [3.63, 3.8) is 0 Å². The Balaban J connectivity index is 1.82. The van der Waals surface area contributed by atoms with Gasteiger partial charge < -0.3 is 5.32 Å². The lowest BCUT2D eigenvalue weighted by Gasteiger charge is -2.23. The van der Waals surface area contributed by atoms with E-state index in [9.17, 15) is 0 Å². The summed E-state index contributed by atoms with van der Waals surface area (Å²) in [6.45, 7) is 2.28. The summed E-state index contributed by atoms with van der Waals surface area (Å²) in [7, 11) is 0. The highest BCUT2D eigenvalue weighted by atomic mass is 35.5. The molecule has 1 aromatic heterocycles. The first-order chi connectivity index (χ1) is 10.3. The van der Waals surface area contributed by atoms with Gasteiger partial charge in [-0.05, 0) is 31.9 Å². The molecule has 1 saturated carbocycles. The van der Waals surface area contributed by atoms with Crippen LogP contribution in [0.4, 0.5) is 0 Å². The van der Waals surface area contributed by atoms with E-state index in [1.165, 1.54) is 75.5 Å². The Morgan fingerprint density at radius 3 is 1.95 bits per heavy atom. The fraction of sp³-hybridized carbons (Fsp3) is 0.778. The largest absolute Gasteiger partial charge is 0.307 e. The van der Waals surface area contributed by atoms with Crippen LogP contribution in [-0.2, 0) is 0 Å². The summed E-state index contributed by atoms with van der Waals surface area (Å²) in [5.41, 5.74) is 0. The maximum atomic E-state index is 6.06. The predicted molar refractivity (Wildman–Crippen MR) is 95.5 cm³/mol. The molecule has 1 aliphatic carbocycles. The zero-order valence-corrected chi connectivity index (χ0v) is 14.9. The second-order valence-corrected chi connectivity index (χ2v) is 8.23. The molecule has 0 saturated heterocycles. The Bertz CT molecular complexity index is 378. The van der Waals surface area contributed by atoms with Crippen LogP contribution < -0.4 is 5.32 Å². The molecule has 1 N–H and O–H groups in total. The van der Waals surface area contributed by atoms with Gasteiger partial charge in [0.25, 0.3) is 0 Å². The van der Waals surface area contributed by atoms with E-state index < -0.39 is 0 Å². The molecule has 0 bridgehead atoms. The topological polar surface area (TPSA) is 12.0 Å². The summed E-state index contributed by atoms with van der Waals surface area (Å²) in [5, 5.41) is 3.85. The van der Waals surface area contributed by atoms with Gasteiger partial charge in [-0.25, -0.2) is 0 Å². The van der Waals surface area contributed by atoms with Crippen molar-refractivity contribution >= 4 is 22.9 Å². The van der Waals surface area contributed by atoms with E-state index in [0.29, 0.717) is 12.1 Å². The number of hydrogen-bond acceptors (Lipinski definition) is 2. The van der Waals surface area contributed by atoms with E-state index in [2.05, 4.69) is 18.3 Å². The third kappa shape index (κ3) is 6.71. The van der Waals surface area contributed by atoms with Gasteiger partial charge in [-0.1, -0.05) is 69.4 Å². The highest BCUT2D eigenvalue weighted by molar-refractivity contribution is 7.16. The molecule has 1 atom stereocenters. The average molecular weight is 328 g/mol. The van der Waals surface area contributed by atoms with Crippen molar-refractivity contribution in [2.75, 3.05) is 0 Å². The predicted octanol–water partition coefficient (Wildman–Crippen LogP) is 6.73. The van der Waals surface area contributed by atoms with Gasteiger partial charge in [0, 0.05) is 17.0 Å². The second-order valence-electron chi connectivity index (χ2n) is 6.49. The molecule has 120 valence electrons. The lowest BCUT2D eigenvalue weighted by Crippen LogP contribution is -2.31. The van der Waals surface area contributed by atoms with Crippen molar-refractivity contribution < 1.29 is 0 Å². The molecule has 1 aliphatic rings. The maximum absolute atomic E-state index is 6.06. The Morgan fingerprint density at radius 1 is 0.952 bits per heavy atom. The van der Waals surface area contributed by atoms with Crippen LogP contribution in [0, 0.1) is 0 Å². The number of rotatable bonds is 3. The van der Waals surface area contributed by atoms with Crippen LogP contribution in [0.2, 0.25) is 4.34 Å². The molecule has 21 heavy (non-hydrogen) atoms. The van der Waals surface area contributed by atoms with Crippen LogP contribution in [0.5, 0.6) is 0 Å². The van der Waals surface area contributed by atoms with Crippen LogP contribution in [0.25, 0.3) is 0 Å². The van der Waals surface area contributed by atoms with Crippen LogP contribution in [0.1, 0.15) is 88.5 Å². The van der Waals surface area contributed by atoms with E-state index in [0.717, 1.165) is 4.34 Å². The standard InChI is InChI=1S/C18H30ClNS/c1-15(17-13-14-18(19)21-17)20-16-11-9-7-5-3-2-4-6-8-10-12-16/h13-16,20H,2-12H2,1H3. The van der Waals surface area contributed by atoms with E-state index in [4.69, 9.17) is 11.6 Å². The maximum Gasteiger partial charge on any atom is 0.0931 e. The highest BCUT2D eigenvalue weighted by Gasteiger charge is 2.15. The molecule has 0 radical (unpaired) electrons. The Hall–Kier alpha value is -0.0500. The molecular formula is C18H30ClNS. The first-order valence-electron chi connectivity index (χ1n) is 8.77. The van der Waals surface area contributed by atoms with E-state index in [1.54, 1.807) is 11.3 Å². The minimum absolute atomic E-state index is 0.431. The molecule has 1 aromatic rings. The van der Waals surface area contributed by atoms with Gasteiger partial charge in [0.15, 0.2) is 0 Å². The highest BCUT2D eigenvalue weighted by Crippen LogP contribution is 2.28. The molecule has 1 fully saturated rings. The lowest BCUT2D eigenvalue weighted by molar-refractivity contribution is 0.377. The number of nitrogens with one attached hydrogen (secondary N) is 1. The van der Waals surface area contributed by atoms with E-state index in [1.807, 2.05) is 6.07 Å². The third-order valence-corrected chi connectivity index (χ3v) is 6.03. The SMILES string of the molecule is CC(NC1CCCCCCCCCCC1)c1ccc(Cl)s1. The first-order valence-corrected chi connectivity index (χ1v) is 9.96. The molecule has 1 nitrogen and oxygen atoms in total. The number of hydrogen-bond donors (Lipinski definition) is 1. The van der Waals surface area contributed by atoms with Gasteiger partial charge in [0.2, 0.25) is 0 Å². The Labute approximate surface area is 139 Å². The molecule has 0 aromatic carbocycles. The molecule has 0 spiro atoms. The summed E-state index contributed by atoms with van der Waals surface area (Å²) in [5.74, 6) is 0. The van der Waals surface area contributed by atoms with E-state index >= 15 is 0 Å². The van der Waals surface area contributed by atoms with Gasteiger partial charge in [0.1, 0.15) is 0 Å². The van der Waals surface area contributed by atoms with Crippen molar-refractivity contribution in [2.45, 2.75) is 89.6 Å². The molecule has 1 heterocycles. The first kappa shape index (κ1) is 17.3. The zero-order chi connectivity index (χ0) is 14.9. The zero-order valence-electron chi connectivity index (χ0n) is 13.4. The van der Waals surface area contributed by atoms with Gasteiger partial charge in [0.05, 0.1) is 4.34 Å². The van der Waals surface area contributed by atoms with Crippen LogP contribution in [-0.4, -0.2) is 6.04 Å². The van der Waals surface area contributed by atoms with Crippen LogP contribution in [0.3, 0.4) is 0 Å². The summed E-state index contributed by atoms with van der Waals surface area (Å²) < 4.78 is 0.900. The van der Waals surface area contributed by atoms with Crippen molar-refractivity contribution in [1.29, 1.82) is 0 Å². The molecule has 1 unspecified atom stereocenters. The fourth-order valence-corrected chi connectivity index (χ4v) is 4.40. The lowest BCUT2D eigenvalue weighted by atomic mass is 9.97. The van der Waals surface area contributed by atoms with Crippen molar-refractivity contribution in [1.82, 2.24) is 5.32 Å². The van der Waals surface area contributed by atoms with Gasteiger partial charge >= 0.3 is 0 Å². The third-order valence-electron chi connectivity index (χ3n) is 4.61. The van der Waals surface area contributed by atoms with Crippen molar-refractivity contribution in [3.05, 3.63) is 21.3 Å². The summed E-state index contributed by atoms with van der Waals surface area (Å²) in [6.07, 6.45) is 15.5. The smallest absolute Gasteiger partial charge is 0.0931 e. The Kier molecular flexibility index (Phi) is 8.13. The molecular weight excluding hydrogens is 298 g/mol.